The van der Waals surface area contributed by atoms with Gasteiger partial charge >= 0.3 is 0 Å². The van der Waals surface area contributed by atoms with Gasteiger partial charge < -0.3 is 0 Å². The summed E-state index contributed by atoms with van der Waals surface area (Å²) < 4.78 is 0. The van der Waals surface area contributed by atoms with Crippen LogP contribution in [0.3, 0.4) is 0 Å². The molecule has 1 amide bonds. The maximum absolute atomic E-state index is 11.1. The number of nitrogens with zero attached hydrogens (tertiary/aromatic N) is 2. The number of anilines is 1. The molecule has 1 aliphatic heterocycles. The molecule has 0 unspecified atom stereocenters. The molecule has 0 aliphatic carbocycles. The lowest BCUT2D eigenvalue weighted by atomic mass is 10.2. The number of aromatic nitrogens is 1. The van der Waals surface area contributed by atoms with Crippen LogP contribution in [0.15, 0.2) is 36.4 Å². The monoisotopic (exact) mass is 213 g/mol. The van der Waals surface area contributed by atoms with Crippen molar-refractivity contribution in [2.24, 2.45) is 0 Å². The SMILES string of the molecule is O=C1CCN(c2ccc3ccccc3n2)N1. The van der Waals surface area contributed by atoms with Crippen molar-refractivity contribution in [1.29, 1.82) is 0 Å². The number of hydrogen-bond acceptors (Lipinski definition) is 3. The molecule has 80 valence electrons. The van der Waals surface area contributed by atoms with E-state index in [1.165, 1.54) is 0 Å². The van der Waals surface area contributed by atoms with Gasteiger partial charge in [-0.15, -0.1) is 0 Å². The number of carbonyl (C=O) groups excluding carboxylic acids is 1. The number of fused-ring (bicyclic) bond motifs is 1. The first kappa shape index (κ1) is 9.15. The molecule has 0 radical (unpaired) electrons. The third kappa shape index (κ3) is 1.48. The Hall–Kier alpha value is -2.10. The summed E-state index contributed by atoms with van der Waals surface area (Å²) >= 11 is 0. The van der Waals surface area contributed by atoms with Crippen molar-refractivity contribution in [3.63, 3.8) is 0 Å². The molecule has 1 aromatic heterocycles. The van der Waals surface area contributed by atoms with E-state index >= 15 is 0 Å². The van der Waals surface area contributed by atoms with Crippen LogP contribution in [-0.4, -0.2) is 17.4 Å². The third-order valence-corrected chi connectivity index (χ3v) is 2.68. The summed E-state index contributed by atoms with van der Waals surface area (Å²) in [4.78, 5) is 15.6. The second-order valence-corrected chi connectivity index (χ2v) is 3.80. The molecule has 2 heterocycles. The second-order valence-electron chi connectivity index (χ2n) is 3.80. The lowest BCUT2D eigenvalue weighted by Gasteiger charge is -2.16. The fourth-order valence-electron chi connectivity index (χ4n) is 1.85. The first-order valence-corrected chi connectivity index (χ1v) is 5.26. The quantitative estimate of drug-likeness (QED) is 0.780. The van der Waals surface area contributed by atoms with Gasteiger partial charge in [0, 0.05) is 18.4 Å². The van der Waals surface area contributed by atoms with Crippen LogP contribution in [0.5, 0.6) is 0 Å². The highest BCUT2D eigenvalue weighted by atomic mass is 16.2. The number of carbonyl (C=O) groups is 1. The molecule has 4 nitrogen and oxygen atoms in total. The highest BCUT2D eigenvalue weighted by molar-refractivity contribution is 5.83. The van der Waals surface area contributed by atoms with Crippen LogP contribution in [0, 0.1) is 0 Å². The second kappa shape index (κ2) is 3.48. The smallest absolute Gasteiger partial charge is 0.240 e. The Kier molecular flexibility index (Phi) is 1.99. The Labute approximate surface area is 92.9 Å². The number of hydrazine groups is 1. The molecule has 0 spiro atoms. The minimum atomic E-state index is 0.0509. The predicted octanol–water partition coefficient (Wildman–Crippen LogP) is 1.48. The zero-order valence-electron chi connectivity index (χ0n) is 8.68. The van der Waals surface area contributed by atoms with Gasteiger partial charge in [0.1, 0.15) is 5.82 Å². The topological polar surface area (TPSA) is 45.2 Å². The van der Waals surface area contributed by atoms with E-state index in [1.807, 2.05) is 36.4 Å². The lowest BCUT2D eigenvalue weighted by Crippen LogP contribution is -2.33. The molecular weight excluding hydrogens is 202 g/mol. The van der Waals surface area contributed by atoms with Gasteiger partial charge in [0.25, 0.3) is 0 Å². The van der Waals surface area contributed by atoms with E-state index in [1.54, 1.807) is 5.01 Å². The number of amides is 1. The average molecular weight is 213 g/mol. The van der Waals surface area contributed by atoms with Crippen LogP contribution in [0.2, 0.25) is 0 Å². The molecule has 1 fully saturated rings. The van der Waals surface area contributed by atoms with Gasteiger partial charge in [0.05, 0.1) is 5.52 Å². The maximum Gasteiger partial charge on any atom is 0.240 e. The fourth-order valence-corrected chi connectivity index (χ4v) is 1.85. The Morgan fingerprint density at radius 2 is 2.06 bits per heavy atom. The molecule has 2 aromatic rings. The van der Waals surface area contributed by atoms with Crippen molar-refractivity contribution in [3.8, 4) is 0 Å². The predicted molar refractivity (Wildman–Crippen MR) is 61.8 cm³/mol. The molecule has 0 bridgehead atoms. The number of benzene rings is 1. The zero-order chi connectivity index (χ0) is 11.0. The van der Waals surface area contributed by atoms with E-state index in [0.717, 1.165) is 16.7 Å². The Balaban J connectivity index is 2.02. The number of nitrogens with one attached hydrogen (secondary N) is 1. The van der Waals surface area contributed by atoms with E-state index in [4.69, 9.17) is 0 Å². The van der Waals surface area contributed by atoms with Crippen LogP contribution in [0.1, 0.15) is 6.42 Å². The van der Waals surface area contributed by atoms with Crippen LogP contribution in [0.4, 0.5) is 5.82 Å². The zero-order valence-corrected chi connectivity index (χ0v) is 8.68. The largest absolute Gasteiger partial charge is 0.273 e. The van der Waals surface area contributed by atoms with E-state index in [-0.39, 0.29) is 5.91 Å². The fraction of sp³-hybridized carbons (Fsp3) is 0.167. The summed E-state index contributed by atoms with van der Waals surface area (Å²) in [6.07, 6.45) is 0.536. The van der Waals surface area contributed by atoms with Crippen LogP contribution in [0.25, 0.3) is 10.9 Å². The van der Waals surface area contributed by atoms with E-state index in [2.05, 4.69) is 10.4 Å². The maximum atomic E-state index is 11.1. The van der Waals surface area contributed by atoms with E-state index in [0.29, 0.717) is 13.0 Å². The first-order chi connectivity index (χ1) is 7.83. The molecule has 4 heteroatoms. The van der Waals surface area contributed by atoms with Gasteiger partial charge in [-0.1, -0.05) is 18.2 Å². The average Bonchev–Trinajstić information content (AvgIpc) is 2.75. The van der Waals surface area contributed by atoms with Gasteiger partial charge in [-0.3, -0.25) is 15.2 Å². The highest BCUT2D eigenvalue weighted by Crippen LogP contribution is 2.18. The number of para-hydroxylation sites is 1. The van der Waals surface area contributed by atoms with Crippen LogP contribution in [-0.2, 0) is 4.79 Å². The van der Waals surface area contributed by atoms with Crippen LogP contribution < -0.4 is 10.4 Å². The normalized spacial score (nSPS) is 15.5. The van der Waals surface area contributed by atoms with Crippen molar-refractivity contribution >= 4 is 22.6 Å². The Morgan fingerprint density at radius 1 is 1.19 bits per heavy atom. The number of hydrogen-bond donors (Lipinski definition) is 1. The lowest BCUT2D eigenvalue weighted by molar-refractivity contribution is -0.119. The highest BCUT2D eigenvalue weighted by Gasteiger charge is 2.19. The molecular formula is C12H11N3O. The van der Waals surface area contributed by atoms with Gasteiger partial charge in [-0.05, 0) is 18.2 Å². The summed E-state index contributed by atoms with van der Waals surface area (Å²) in [5.74, 6) is 0.847. The van der Waals surface area contributed by atoms with Gasteiger partial charge in [0.15, 0.2) is 0 Å². The van der Waals surface area contributed by atoms with Gasteiger partial charge in [0.2, 0.25) is 5.91 Å². The summed E-state index contributed by atoms with van der Waals surface area (Å²) in [5, 5.41) is 2.89. The van der Waals surface area contributed by atoms with Crippen molar-refractivity contribution < 1.29 is 4.79 Å². The van der Waals surface area contributed by atoms with Crippen LogP contribution >= 0.6 is 0 Å². The van der Waals surface area contributed by atoms with E-state index in [9.17, 15) is 4.79 Å². The summed E-state index contributed by atoms with van der Waals surface area (Å²) in [5.41, 5.74) is 3.71. The van der Waals surface area contributed by atoms with E-state index < -0.39 is 0 Å². The summed E-state index contributed by atoms with van der Waals surface area (Å²) in [6.45, 7) is 0.685. The van der Waals surface area contributed by atoms with Gasteiger partial charge in [-0.25, -0.2) is 4.98 Å². The number of rotatable bonds is 1. The minimum Gasteiger partial charge on any atom is -0.273 e. The molecule has 0 atom stereocenters. The third-order valence-electron chi connectivity index (χ3n) is 2.68. The molecule has 1 aliphatic rings. The van der Waals surface area contributed by atoms with Crippen molar-refractivity contribution in [1.82, 2.24) is 10.4 Å². The molecule has 1 saturated heterocycles. The van der Waals surface area contributed by atoms with Gasteiger partial charge in [-0.2, -0.15) is 0 Å². The summed E-state index contributed by atoms with van der Waals surface area (Å²) in [7, 11) is 0. The molecule has 1 N–H and O–H groups in total. The first-order valence-electron chi connectivity index (χ1n) is 5.26. The Morgan fingerprint density at radius 3 is 2.88 bits per heavy atom. The Bertz CT molecular complexity index is 553. The van der Waals surface area contributed by atoms with Crippen molar-refractivity contribution in [3.05, 3.63) is 36.4 Å². The molecule has 3 rings (SSSR count). The summed E-state index contributed by atoms with van der Waals surface area (Å²) in [6, 6.07) is 11.9. The standard InChI is InChI=1S/C12H11N3O/c16-12-7-8-15(14-12)11-6-5-9-3-1-2-4-10(9)13-11/h1-6H,7-8H2,(H,14,16). The molecule has 16 heavy (non-hydrogen) atoms. The van der Waals surface area contributed by atoms with Crippen molar-refractivity contribution in [2.75, 3.05) is 11.6 Å². The molecule has 0 saturated carbocycles. The van der Waals surface area contributed by atoms with Crippen molar-refractivity contribution in [2.45, 2.75) is 6.42 Å². The molecule has 1 aromatic carbocycles. The minimum absolute atomic E-state index is 0.0509. The number of pyridine rings is 1.